The lowest BCUT2D eigenvalue weighted by atomic mass is 9.78. The molecule has 2 aliphatic carbocycles. The number of halogens is 2. The van der Waals surface area contributed by atoms with Crippen LogP contribution in [0.3, 0.4) is 0 Å². The second kappa shape index (κ2) is 10.0. The van der Waals surface area contributed by atoms with E-state index in [4.69, 9.17) is 9.47 Å². The molecule has 5 nitrogen and oxygen atoms in total. The van der Waals surface area contributed by atoms with Crippen LogP contribution in [0.4, 0.5) is 8.78 Å². The number of pyridine rings is 1. The van der Waals surface area contributed by atoms with Crippen LogP contribution in [0.2, 0.25) is 0 Å². The molecular weight excluding hydrogens is 500 g/mol. The van der Waals surface area contributed by atoms with Gasteiger partial charge in [-0.25, -0.2) is 8.78 Å². The highest BCUT2D eigenvalue weighted by molar-refractivity contribution is 5.78. The molecule has 1 saturated carbocycles. The van der Waals surface area contributed by atoms with E-state index >= 15 is 4.39 Å². The van der Waals surface area contributed by atoms with E-state index in [0.29, 0.717) is 34.6 Å². The zero-order valence-corrected chi connectivity index (χ0v) is 23.1. The number of aliphatic carboxylic acids is 1. The molecule has 0 radical (unpaired) electrons. The van der Waals surface area contributed by atoms with Gasteiger partial charge in [-0.15, -0.1) is 0 Å². The first kappa shape index (κ1) is 27.3. The Kier molecular flexibility index (Phi) is 7.00. The zero-order chi connectivity index (χ0) is 28.1. The number of benzene rings is 2. The Morgan fingerprint density at radius 1 is 1.15 bits per heavy atom. The van der Waals surface area contributed by atoms with Gasteiger partial charge >= 0.3 is 5.97 Å². The molecule has 1 N–H and O–H groups in total. The maximum absolute atomic E-state index is 15.5. The molecular formula is C32H35F2NO4. The maximum atomic E-state index is 15.5. The van der Waals surface area contributed by atoms with Gasteiger partial charge in [0, 0.05) is 29.3 Å². The Hall–Kier alpha value is -3.32. The van der Waals surface area contributed by atoms with Gasteiger partial charge < -0.3 is 14.6 Å². The topological polar surface area (TPSA) is 68.7 Å². The van der Waals surface area contributed by atoms with Gasteiger partial charge in [0.2, 0.25) is 0 Å². The molecule has 2 aliphatic rings. The summed E-state index contributed by atoms with van der Waals surface area (Å²) in [6, 6.07) is 10.5. The van der Waals surface area contributed by atoms with E-state index in [9.17, 15) is 14.3 Å². The Morgan fingerprint density at radius 3 is 2.59 bits per heavy atom. The lowest BCUT2D eigenvalue weighted by Crippen LogP contribution is -2.22. The smallest absolute Gasteiger partial charge is 0.307 e. The number of methoxy groups -OCH3 is 1. The summed E-state index contributed by atoms with van der Waals surface area (Å²) >= 11 is 0. The number of rotatable bonds is 7. The standard InChI is InChI=1S/C32H35F2NO4/c1-18-11-23(28(34)16-35-18)22-14-27(33)20(12-24(22)29(38-5)31(2,3)4)17-39-21-9-8-19-7-6-10-32(25(19)13-21)15-26(32)30(36)37/h8-9,11-14,16,26,29H,6-7,10,15,17H2,1-5H3,(H,36,37)/t26-,29+,32-/m0/s1. The number of ether oxygens (including phenoxy) is 2. The van der Waals surface area contributed by atoms with Crippen molar-refractivity contribution < 1.29 is 28.2 Å². The molecule has 5 rings (SSSR count). The number of nitrogens with zero attached hydrogens (tertiary/aromatic N) is 1. The second-order valence-electron chi connectivity index (χ2n) is 12.0. The van der Waals surface area contributed by atoms with Gasteiger partial charge in [0.05, 0.1) is 18.2 Å². The third-order valence-corrected chi connectivity index (χ3v) is 8.26. The molecule has 1 aromatic heterocycles. The van der Waals surface area contributed by atoms with E-state index in [-0.39, 0.29) is 28.9 Å². The molecule has 1 spiro atoms. The van der Waals surface area contributed by atoms with Crippen molar-refractivity contribution >= 4 is 5.97 Å². The number of hydrogen-bond donors (Lipinski definition) is 1. The quantitative estimate of drug-likeness (QED) is 0.343. The fourth-order valence-corrected chi connectivity index (χ4v) is 6.31. The first-order valence-corrected chi connectivity index (χ1v) is 13.4. The van der Waals surface area contributed by atoms with Gasteiger partial charge in [-0.05, 0) is 90.6 Å². The van der Waals surface area contributed by atoms with Crippen molar-refractivity contribution in [3.05, 3.63) is 82.2 Å². The average Bonchev–Trinajstić information content (AvgIpc) is 3.60. The molecule has 7 heteroatoms. The van der Waals surface area contributed by atoms with Crippen LogP contribution in [0.25, 0.3) is 11.1 Å². The van der Waals surface area contributed by atoms with Crippen LogP contribution in [0.1, 0.15) is 74.1 Å². The van der Waals surface area contributed by atoms with E-state index in [1.54, 1.807) is 26.2 Å². The predicted octanol–water partition coefficient (Wildman–Crippen LogP) is 7.33. The molecule has 206 valence electrons. The summed E-state index contributed by atoms with van der Waals surface area (Å²) < 4.78 is 42.4. The van der Waals surface area contributed by atoms with Crippen LogP contribution in [0.15, 0.2) is 42.6 Å². The number of aryl methyl sites for hydroxylation is 2. The number of carboxylic acids is 1. The highest BCUT2D eigenvalue weighted by atomic mass is 19.1. The molecule has 0 unspecified atom stereocenters. The van der Waals surface area contributed by atoms with Crippen LogP contribution >= 0.6 is 0 Å². The second-order valence-corrected chi connectivity index (χ2v) is 12.0. The van der Waals surface area contributed by atoms with Crippen molar-refractivity contribution in [2.75, 3.05) is 7.11 Å². The molecule has 2 aromatic carbocycles. The summed E-state index contributed by atoms with van der Waals surface area (Å²) in [5.74, 6) is -1.58. The minimum atomic E-state index is -0.753. The molecule has 39 heavy (non-hydrogen) atoms. The monoisotopic (exact) mass is 535 g/mol. The van der Waals surface area contributed by atoms with E-state index in [1.807, 2.05) is 39.0 Å². The van der Waals surface area contributed by atoms with Crippen LogP contribution < -0.4 is 4.74 Å². The van der Waals surface area contributed by atoms with Gasteiger partial charge in [-0.3, -0.25) is 9.78 Å². The van der Waals surface area contributed by atoms with Crippen molar-refractivity contribution in [1.82, 2.24) is 4.98 Å². The highest BCUT2D eigenvalue weighted by Crippen LogP contribution is 2.60. The van der Waals surface area contributed by atoms with E-state index < -0.39 is 23.7 Å². The van der Waals surface area contributed by atoms with Gasteiger partial charge in [0.15, 0.2) is 0 Å². The van der Waals surface area contributed by atoms with Crippen molar-refractivity contribution in [3.63, 3.8) is 0 Å². The fraction of sp³-hybridized carbons (Fsp3) is 0.438. The summed E-state index contributed by atoms with van der Waals surface area (Å²) in [5.41, 5.74) is 3.86. The summed E-state index contributed by atoms with van der Waals surface area (Å²) in [5, 5.41) is 9.62. The lowest BCUT2D eigenvalue weighted by Gasteiger charge is -2.32. The van der Waals surface area contributed by atoms with Crippen molar-refractivity contribution in [3.8, 4) is 16.9 Å². The van der Waals surface area contributed by atoms with E-state index in [1.165, 1.54) is 6.07 Å². The Balaban J connectivity index is 1.50. The molecule has 3 atom stereocenters. The third kappa shape index (κ3) is 5.05. The summed E-state index contributed by atoms with van der Waals surface area (Å²) in [4.78, 5) is 15.7. The average molecular weight is 536 g/mol. The van der Waals surface area contributed by atoms with Crippen LogP contribution in [0, 0.1) is 29.9 Å². The Morgan fingerprint density at radius 2 is 1.92 bits per heavy atom. The van der Waals surface area contributed by atoms with Crippen LogP contribution in [-0.2, 0) is 28.0 Å². The van der Waals surface area contributed by atoms with Crippen molar-refractivity contribution in [2.24, 2.45) is 11.3 Å². The molecule has 0 saturated heterocycles. The number of aromatic nitrogens is 1. The number of hydrogen-bond acceptors (Lipinski definition) is 4. The predicted molar refractivity (Wildman–Crippen MR) is 145 cm³/mol. The van der Waals surface area contributed by atoms with E-state index in [0.717, 1.165) is 36.6 Å². The number of carboxylic acid groups (broad SMARTS) is 1. The van der Waals surface area contributed by atoms with Gasteiger partial charge in [-0.1, -0.05) is 26.8 Å². The van der Waals surface area contributed by atoms with Crippen molar-refractivity contribution in [2.45, 2.75) is 71.5 Å². The minimum Gasteiger partial charge on any atom is -0.489 e. The van der Waals surface area contributed by atoms with Crippen molar-refractivity contribution in [1.29, 1.82) is 0 Å². The highest BCUT2D eigenvalue weighted by Gasteiger charge is 2.60. The summed E-state index contributed by atoms with van der Waals surface area (Å²) in [7, 11) is 1.60. The third-order valence-electron chi connectivity index (χ3n) is 8.26. The van der Waals surface area contributed by atoms with Gasteiger partial charge in [0.25, 0.3) is 0 Å². The SMILES string of the molecule is CO[C@H](c1cc(COc2ccc3c(c2)[C@]2(CCC3)C[C@H]2C(=O)O)c(F)cc1-c1cc(C)ncc1F)C(C)(C)C. The minimum absolute atomic E-state index is 0.0360. The first-order chi connectivity index (χ1) is 18.4. The molecule has 1 fully saturated rings. The zero-order valence-electron chi connectivity index (χ0n) is 23.1. The number of carbonyl (C=O) groups is 1. The molecule has 0 aliphatic heterocycles. The van der Waals surface area contributed by atoms with Gasteiger partial charge in [0.1, 0.15) is 24.0 Å². The Labute approximate surface area is 228 Å². The fourth-order valence-electron chi connectivity index (χ4n) is 6.31. The summed E-state index contributed by atoms with van der Waals surface area (Å²) in [6.45, 7) is 7.78. The largest absolute Gasteiger partial charge is 0.489 e. The van der Waals surface area contributed by atoms with Crippen LogP contribution in [-0.4, -0.2) is 23.2 Å². The molecule has 3 aromatic rings. The number of fused-ring (bicyclic) bond motifs is 2. The first-order valence-electron chi connectivity index (χ1n) is 13.4. The lowest BCUT2D eigenvalue weighted by molar-refractivity contribution is -0.139. The van der Waals surface area contributed by atoms with Gasteiger partial charge in [-0.2, -0.15) is 0 Å². The normalized spacial score (nSPS) is 20.9. The maximum Gasteiger partial charge on any atom is 0.307 e. The molecule has 1 heterocycles. The Bertz CT molecular complexity index is 1430. The van der Waals surface area contributed by atoms with Crippen LogP contribution in [0.5, 0.6) is 5.75 Å². The summed E-state index contributed by atoms with van der Waals surface area (Å²) in [6.07, 6.45) is 4.11. The van der Waals surface area contributed by atoms with E-state index in [2.05, 4.69) is 4.98 Å². The molecule has 0 amide bonds. The molecule has 0 bridgehead atoms.